The van der Waals surface area contributed by atoms with Crippen molar-refractivity contribution in [3.63, 3.8) is 0 Å². The zero-order valence-corrected chi connectivity index (χ0v) is 11.8. The zero-order chi connectivity index (χ0) is 13.1. The third kappa shape index (κ3) is 3.94. The van der Waals surface area contributed by atoms with Gasteiger partial charge in [-0.3, -0.25) is 0 Å². The molecule has 0 saturated heterocycles. The molecule has 96 valence electrons. The monoisotopic (exact) mass is 276 g/mol. The van der Waals surface area contributed by atoms with Crippen molar-refractivity contribution < 1.29 is 8.42 Å². The number of rotatable bonds is 5. The summed E-state index contributed by atoms with van der Waals surface area (Å²) in [7, 11) is -3.58. The van der Waals surface area contributed by atoms with Crippen LogP contribution in [0.5, 0.6) is 0 Å². The highest BCUT2D eigenvalue weighted by Crippen LogP contribution is 2.21. The van der Waals surface area contributed by atoms with Crippen molar-refractivity contribution in [2.75, 3.05) is 6.54 Å². The topological polar surface area (TPSA) is 59.1 Å². The molecule has 1 heterocycles. The summed E-state index contributed by atoms with van der Waals surface area (Å²) >= 11 is 5.76. The molecule has 0 amide bonds. The van der Waals surface area contributed by atoms with E-state index < -0.39 is 10.0 Å². The van der Waals surface area contributed by atoms with Crippen molar-refractivity contribution in [2.45, 2.75) is 32.1 Å². The Morgan fingerprint density at radius 2 is 2.12 bits per heavy atom. The van der Waals surface area contributed by atoms with E-state index in [9.17, 15) is 8.42 Å². The molecule has 6 heteroatoms. The molecular formula is C11H17ClN2O2S. The first-order valence-corrected chi connectivity index (χ1v) is 7.25. The van der Waals surface area contributed by atoms with E-state index in [0.717, 1.165) is 6.42 Å². The van der Waals surface area contributed by atoms with Gasteiger partial charge in [0.15, 0.2) is 0 Å². The van der Waals surface area contributed by atoms with E-state index in [-0.39, 0.29) is 15.5 Å². The normalized spacial score (nSPS) is 12.7. The maximum atomic E-state index is 12.0. The van der Waals surface area contributed by atoms with Crippen LogP contribution < -0.4 is 4.72 Å². The molecule has 0 fully saturated rings. The summed E-state index contributed by atoms with van der Waals surface area (Å²) < 4.78 is 26.5. The van der Waals surface area contributed by atoms with Gasteiger partial charge in [-0.15, -0.1) is 0 Å². The molecule has 1 N–H and O–H groups in total. The van der Waals surface area contributed by atoms with Gasteiger partial charge < -0.3 is 0 Å². The number of hydrogen-bond acceptors (Lipinski definition) is 3. The van der Waals surface area contributed by atoms with Gasteiger partial charge in [-0.05, 0) is 24.0 Å². The number of aromatic nitrogens is 1. The third-order valence-corrected chi connectivity index (χ3v) is 4.56. The van der Waals surface area contributed by atoms with Crippen LogP contribution >= 0.6 is 11.6 Å². The summed E-state index contributed by atoms with van der Waals surface area (Å²) in [6, 6.07) is 2.99. The van der Waals surface area contributed by atoms with Gasteiger partial charge in [0.05, 0.1) is 0 Å². The van der Waals surface area contributed by atoms with Crippen molar-refractivity contribution in [1.82, 2.24) is 9.71 Å². The second-order valence-corrected chi connectivity index (χ2v) is 6.73. The van der Waals surface area contributed by atoms with Crippen LogP contribution in [0.4, 0.5) is 0 Å². The van der Waals surface area contributed by atoms with Gasteiger partial charge in [-0.1, -0.05) is 32.4 Å². The van der Waals surface area contributed by atoms with Crippen LogP contribution in [-0.4, -0.2) is 19.9 Å². The standard InChI is InChI=1S/C11H17ClN2O2S/c1-4-11(2,3)8-14-17(15,16)9-6-5-7-13-10(9)12/h5-7,14H,4,8H2,1-3H3. The highest BCUT2D eigenvalue weighted by molar-refractivity contribution is 7.89. The lowest BCUT2D eigenvalue weighted by atomic mass is 9.91. The maximum absolute atomic E-state index is 12.0. The van der Waals surface area contributed by atoms with Crippen LogP contribution in [0.15, 0.2) is 23.2 Å². The summed E-state index contributed by atoms with van der Waals surface area (Å²) in [6.07, 6.45) is 2.34. The molecule has 0 atom stereocenters. The fourth-order valence-electron chi connectivity index (χ4n) is 1.06. The molecule has 1 rings (SSSR count). The van der Waals surface area contributed by atoms with Crippen LogP contribution in [0.3, 0.4) is 0 Å². The third-order valence-electron chi connectivity index (χ3n) is 2.71. The SMILES string of the molecule is CCC(C)(C)CNS(=O)(=O)c1cccnc1Cl. The minimum Gasteiger partial charge on any atom is -0.243 e. The van der Waals surface area contributed by atoms with E-state index in [4.69, 9.17) is 11.6 Å². The van der Waals surface area contributed by atoms with E-state index in [2.05, 4.69) is 9.71 Å². The first-order valence-electron chi connectivity index (χ1n) is 5.39. The molecule has 1 aromatic rings. The number of nitrogens with one attached hydrogen (secondary N) is 1. The fourth-order valence-corrected chi connectivity index (χ4v) is 2.76. The largest absolute Gasteiger partial charge is 0.243 e. The predicted octanol–water partition coefficient (Wildman–Crippen LogP) is 2.45. The highest BCUT2D eigenvalue weighted by Gasteiger charge is 2.22. The fraction of sp³-hybridized carbons (Fsp3) is 0.545. The molecule has 0 aliphatic rings. The Morgan fingerprint density at radius 3 is 2.65 bits per heavy atom. The van der Waals surface area contributed by atoms with E-state index in [0.29, 0.717) is 6.54 Å². The van der Waals surface area contributed by atoms with Gasteiger partial charge >= 0.3 is 0 Å². The molecule has 0 bridgehead atoms. The Labute approximate surface area is 107 Å². The van der Waals surface area contributed by atoms with Crippen LogP contribution in [0.2, 0.25) is 5.15 Å². The van der Waals surface area contributed by atoms with Gasteiger partial charge in [0.2, 0.25) is 10.0 Å². The first kappa shape index (κ1) is 14.4. The number of nitrogens with zero attached hydrogens (tertiary/aromatic N) is 1. The van der Waals surface area contributed by atoms with Gasteiger partial charge in [0.1, 0.15) is 10.0 Å². The Kier molecular flexibility index (Phi) is 4.52. The lowest BCUT2D eigenvalue weighted by Gasteiger charge is -2.22. The predicted molar refractivity (Wildman–Crippen MR) is 68.5 cm³/mol. The van der Waals surface area contributed by atoms with Crippen molar-refractivity contribution in [2.24, 2.45) is 5.41 Å². The number of sulfonamides is 1. The summed E-state index contributed by atoms with van der Waals surface area (Å²) in [5.74, 6) is 0. The minimum absolute atomic E-state index is 0.00527. The zero-order valence-electron chi connectivity index (χ0n) is 10.2. The van der Waals surface area contributed by atoms with Gasteiger partial charge in [0, 0.05) is 12.7 Å². The highest BCUT2D eigenvalue weighted by atomic mass is 35.5. The second kappa shape index (κ2) is 5.33. The average molecular weight is 277 g/mol. The number of halogens is 1. The van der Waals surface area contributed by atoms with Crippen molar-refractivity contribution in [1.29, 1.82) is 0 Å². The molecule has 17 heavy (non-hydrogen) atoms. The van der Waals surface area contributed by atoms with Gasteiger partial charge in [-0.25, -0.2) is 18.1 Å². The molecule has 0 aliphatic heterocycles. The number of pyridine rings is 1. The van der Waals surface area contributed by atoms with Crippen molar-refractivity contribution in [3.8, 4) is 0 Å². The molecule has 0 radical (unpaired) electrons. The Hall–Kier alpha value is -0.650. The lowest BCUT2D eigenvalue weighted by molar-refractivity contribution is 0.350. The summed E-state index contributed by atoms with van der Waals surface area (Å²) in [5.41, 5.74) is -0.0816. The van der Waals surface area contributed by atoms with Crippen molar-refractivity contribution >= 4 is 21.6 Å². The smallest absolute Gasteiger partial charge is 0.243 e. The minimum atomic E-state index is -3.58. The Bertz CT molecular complexity index is 486. The van der Waals surface area contributed by atoms with E-state index in [1.807, 2.05) is 20.8 Å². The second-order valence-electron chi connectivity index (χ2n) is 4.63. The number of hydrogen-bond donors (Lipinski definition) is 1. The first-order chi connectivity index (χ1) is 7.78. The molecule has 0 aromatic carbocycles. The molecule has 1 aromatic heterocycles. The van der Waals surface area contributed by atoms with Crippen LogP contribution in [0.1, 0.15) is 27.2 Å². The van der Waals surface area contributed by atoms with Crippen molar-refractivity contribution in [3.05, 3.63) is 23.5 Å². The van der Waals surface area contributed by atoms with E-state index in [1.54, 1.807) is 6.07 Å². The molecule has 0 spiro atoms. The Morgan fingerprint density at radius 1 is 1.47 bits per heavy atom. The van der Waals surface area contributed by atoms with Crippen LogP contribution in [0, 0.1) is 5.41 Å². The lowest BCUT2D eigenvalue weighted by Crippen LogP contribution is -2.33. The molecule has 4 nitrogen and oxygen atoms in total. The van der Waals surface area contributed by atoms with E-state index >= 15 is 0 Å². The Balaban J connectivity index is 2.88. The summed E-state index contributed by atoms with van der Waals surface area (Å²) in [6.45, 7) is 6.39. The quantitative estimate of drug-likeness (QED) is 0.841. The van der Waals surface area contributed by atoms with Crippen LogP contribution in [-0.2, 0) is 10.0 Å². The average Bonchev–Trinajstić information content (AvgIpc) is 2.27. The molecule has 0 saturated carbocycles. The van der Waals surface area contributed by atoms with Crippen LogP contribution in [0.25, 0.3) is 0 Å². The van der Waals surface area contributed by atoms with Gasteiger partial charge in [-0.2, -0.15) is 0 Å². The summed E-state index contributed by atoms with van der Waals surface area (Å²) in [4.78, 5) is 3.78. The molecule has 0 unspecified atom stereocenters. The molecular weight excluding hydrogens is 260 g/mol. The maximum Gasteiger partial charge on any atom is 0.243 e. The molecule has 0 aliphatic carbocycles. The summed E-state index contributed by atoms with van der Waals surface area (Å²) in [5, 5.41) is -0.00527. The van der Waals surface area contributed by atoms with E-state index in [1.165, 1.54) is 12.3 Å². The van der Waals surface area contributed by atoms with Gasteiger partial charge in [0.25, 0.3) is 0 Å².